The molecule has 0 fully saturated rings. The van der Waals surface area contributed by atoms with E-state index in [4.69, 9.17) is 16.6 Å². The minimum atomic E-state index is -0.0963. The molecule has 40 heavy (non-hydrogen) atoms. The molecule has 0 spiro atoms. The van der Waals surface area contributed by atoms with Crippen molar-refractivity contribution in [1.82, 2.24) is 15.3 Å². The Bertz CT molecular complexity index is 1610. The summed E-state index contributed by atoms with van der Waals surface area (Å²) in [5.74, 6) is 0.572. The highest BCUT2D eigenvalue weighted by Crippen LogP contribution is 2.39. The highest BCUT2D eigenvalue weighted by atomic mass is 35.5. The number of carbonyl (C=O) groups excluding carboxylic acids is 1. The largest absolute Gasteiger partial charge is 0.508 e. The number of allylic oxidation sites excluding steroid dienone is 2. The van der Waals surface area contributed by atoms with E-state index in [0.29, 0.717) is 45.5 Å². The van der Waals surface area contributed by atoms with Crippen molar-refractivity contribution < 1.29 is 9.90 Å². The molecule has 2 aromatic carbocycles. The number of ketones is 1. The molecule has 2 aromatic heterocycles. The number of anilines is 1. The molecule has 4 rings (SSSR count). The molecule has 202 valence electrons. The minimum Gasteiger partial charge on any atom is -0.508 e. The molecule has 0 aliphatic carbocycles. The summed E-state index contributed by atoms with van der Waals surface area (Å²) in [6.45, 7) is 13.3. The SMILES string of the molecule is C=CNc1nc(-c2ccc(Cl)cc2C)c(-c2ccc(O)cc2)cc1/C(NC(=C)C)=C(\Cc1cccnc1)C(C)=O. The van der Waals surface area contributed by atoms with Gasteiger partial charge in [-0.1, -0.05) is 49.0 Å². The number of aryl methyl sites for hydroxylation is 1. The number of benzene rings is 2. The topological polar surface area (TPSA) is 87.1 Å². The predicted molar refractivity (Wildman–Crippen MR) is 164 cm³/mol. The molecule has 2 heterocycles. The lowest BCUT2D eigenvalue weighted by Crippen LogP contribution is -2.18. The van der Waals surface area contributed by atoms with Crippen LogP contribution in [-0.4, -0.2) is 20.9 Å². The lowest BCUT2D eigenvalue weighted by atomic mass is 9.92. The predicted octanol–water partition coefficient (Wildman–Crippen LogP) is 7.70. The van der Waals surface area contributed by atoms with Crippen LogP contribution in [0.5, 0.6) is 5.75 Å². The second-order valence-electron chi connectivity index (χ2n) is 9.49. The van der Waals surface area contributed by atoms with Crippen molar-refractivity contribution in [2.45, 2.75) is 27.2 Å². The number of carbonyl (C=O) groups is 1. The van der Waals surface area contributed by atoms with E-state index in [0.717, 1.165) is 27.8 Å². The van der Waals surface area contributed by atoms with Gasteiger partial charge in [-0.25, -0.2) is 4.98 Å². The highest BCUT2D eigenvalue weighted by Gasteiger charge is 2.22. The molecule has 7 heteroatoms. The van der Waals surface area contributed by atoms with Crippen molar-refractivity contribution >= 4 is 28.9 Å². The summed E-state index contributed by atoms with van der Waals surface area (Å²) < 4.78 is 0. The maximum Gasteiger partial charge on any atom is 0.158 e. The third-order valence-corrected chi connectivity index (χ3v) is 6.56. The molecule has 6 nitrogen and oxygen atoms in total. The quantitative estimate of drug-likeness (QED) is 0.175. The third-order valence-electron chi connectivity index (χ3n) is 6.32. The number of aromatic hydroxyl groups is 1. The van der Waals surface area contributed by atoms with Gasteiger partial charge in [0.2, 0.25) is 0 Å². The van der Waals surface area contributed by atoms with E-state index in [1.54, 1.807) is 37.7 Å². The van der Waals surface area contributed by atoms with Crippen LogP contribution in [0, 0.1) is 6.92 Å². The number of phenolic OH excluding ortho intramolecular Hbond substituents is 1. The standard InChI is InChI=1S/C33H31ClN4O2/c1-6-36-33-30(32(37-20(2)3)28(22(5)39)17-23-8-7-15-35-19-23)18-29(24-9-12-26(40)13-10-24)31(38-33)27-14-11-25(34)16-21(27)4/h6-16,18-19,37,40H,1-2,17H2,3-5H3,(H,36,38)/b32-28-. The maximum atomic E-state index is 13.1. The lowest BCUT2D eigenvalue weighted by molar-refractivity contribution is -0.113. The van der Waals surface area contributed by atoms with Crippen LogP contribution in [0.1, 0.15) is 30.5 Å². The van der Waals surface area contributed by atoms with E-state index in [2.05, 4.69) is 28.8 Å². The number of Topliss-reactive ketones (excluding diaryl/α,β-unsaturated/α-hetero) is 1. The van der Waals surface area contributed by atoms with Crippen LogP contribution in [0.3, 0.4) is 0 Å². The first-order valence-electron chi connectivity index (χ1n) is 12.7. The number of rotatable bonds is 10. The van der Waals surface area contributed by atoms with E-state index < -0.39 is 0 Å². The average molecular weight is 551 g/mol. The summed E-state index contributed by atoms with van der Waals surface area (Å²) in [5.41, 5.74) is 7.56. The summed E-state index contributed by atoms with van der Waals surface area (Å²) in [7, 11) is 0. The molecule has 0 aliphatic heterocycles. The number of pyridine rings is 2. The van der Waals surface area contributed by atoms with Crippen molar-refractivity contribution in [3.63, 3.8) is 0 Å². The molecule has 0 atom stereocenters. The molecule has 4 aromatic rings. The number of halogens is 1. The van der Waals surface area contributed by atoms with Crippen molar-refractivity contribution in [2.24, 2.45) is 0 Å². The number of aromatic nitrogens is 2. The second kappa shape index (κ2) is 12.5. The highest BCUT2D eigenvalue weighted by molar-refractivity contribution is 6.30. The van der Waals surface area contributed by atoms with Gasteiger partial charge in [-0.3, -0.25) is 9.78 Å². The normalized spacial score (nSPS) is 11.4. The van der Waals surface area contributed by atoms with Gasteiger partial charge in [0.15, 0.2) is 5.78 Å². The van der Waals surface area contributed by atoms with E-state index in [-0.39, 0.29) is 11.5 Å². The smallest absolute Gasteiger partial charge is 0.158 e. The fraction of sp³-hybridized carbons (Fsp3) is 0.121. The van der Waals surface area contributed by atoms with Gasteiger partial charge in [0.05, 0.1) is 11.4 Å². The first kappa shape index (κ1) is 28.3. The zero-order chi connectivity index (χ0) is 28.8. The molecule has 0 bridgehead atoms. The van der Waals surface area contributed by atoms with Crippen LogP contribution in [0.4, 0.5) is 5.82 Å². The average Bonchev–Trinajstić information content (AvgIpc) is 2.92. The van der Waals surface area contributed by atoms with Gasteiger partial charge in [0, 0.05) is 51.8 Å². The number of nitrogens with zero attached hydrogens (tertiary/aromatic N) is 2. The van der Waals surface area contributed by atoms with Gasteiger partial charge in [-0.05, 0) is 80.1 Å². The van der Waals surface area contributed by atoms with Gasteiger partial charge in [-0.15, -0.1) is 0 Å². The molecule has 0 aliphatic rings. The number of hydrogen-bond acceptors (Lipinski definition) is 6. The van der Waals surface area contributed by atoms with Crippen LogP contribution in [0.2, 0.25) is 5.02 Å². The van der Waals surface area contributed by atoms with Crippen molar-refractivity contribution in [2.75, 3.05) is 5.32 Å². The Balaban J connectivity index is 2.08. The van der Waals surface area contributed by atoms with Crippen LogP contribution < -0.4 is 10.6 Å². The van der Waals surface area contributed by atoms with Gasteiger partial charge in [0.25, 0.3) is 0 Å². The Morgan fingerprint density at radius 2 is 1.82 bits per heavy atom. The second-order valence-corrected chi connectivity index (χ2v) is 9.92. The number of hydrogen-bond donors (Lipinski definition) is 3. The van der Waals surface area contributed by atoms with Crippen LogP contribution >= 0.6 is 11.6 Å². The summed E-state index contributed by atoms with van der Waals surface area (Å²) >= 11 is 6.27. The van der Waals surface area contributed by atoms with E-state index in [1.165, 1.54) is 0 Å². The van der Waals surface area contributed by atoms with E-state index in [9.17, 15) is 9.90 Å². The molecular formula is C33H31ClN4O2. The Labute approximate surface area is 239 Å². The molecule has 0 unspecified atom stereocenters. The summed E-state index contributed by atoms with van der Waals surface area (Å²) in [6.07, 6.45) is 5.36. The number of phenols is 1. The number of nitrogens with one attached hydrogen (secondary N) is 2. The van der Waals surface area contributed by atoms with Gasteiger partial charge in [0.1, 0.15) is 11.6 Å². The molecule has 0 amide bonds. The van der Waals surface area contributed by atoms with Crippen LogP contribution in [0.15, 0.2) is 104 Å². The minimum absolute atomic E-state index is 0.0963. The molecular weight excluding hydrogens is 520 g/mol. The monoisotopic (exact) mass is 550 g/mol. The van der Waals surface area contributed by atoms with Gasteiger partial charge >= 0.3 is 0 Å². The van der Waals surface area contributed by atoms with Crippen LogP contribution in [-0.2, 0) is 11.2 Å². The Morgan fingerprint density at radius 1 is 1.07 bits per heavy atom. The first-order valence-corrected chi connectivity index (χ1v) is 13.1. The maximum absolute atomic E-state index is 13.1. The van der Waals surface area contributed by atoms with E-state index >= 15 is 0 Å². The summed E-state index contributed by atoms with van der Waals surface area (Å²) in [4.78, 5) is 22.4. The molecule has 0 radical (unpaired) electrons. The lowest BCUT2D eigenvalue weighted by Gasteiger charge is -2.22. The van der Waals surface area contributed by atoms with Crippen molar-refractivity contribution in [3.05, 3.63) is 125 Å². The summed E-state index contributed by atoms with van der Waals surface area (Å²) in [5, 5.41) is 17.1. The van der Waals surface area contributed by atoms with Crippen LogP contribution in [0.25, 0.3) is 28.1 Å². The molecule has 0 saturated heterocycles. The Morgan fingerprint density at radius 3 is 2.42 bits per heavy atom. The van der Waals surface area contributed by atoms with Crippen molar-refractivity contribution in [1.29, 1.82) is 0 Å². The zero-order valence-corrected chi connectivity index (χ0v) is 23.5. The molecule has 0 saturated carbocycles. The summed E-state index contributed by atoms with van der Waals surface area (Å²) in [6, 6.07) is 18.4. The third kappa shape index (κ3) is 6.47. The van der Waals surface area contributed by atoms with Gasteiger partial charge < -0.3 is 15.7 Å². The fourth-order valence-corrected chi connectivity index (χ4v) is 4.71. The Hall–Kier alpha value is -4.68. The zero-order valence-electron chi connectivity index (χ0n) is 22.8. The fourth-order valence-electron chi connectivity index (χ4n) is 4.48. The first-order chi connectivity index (χ1) is 19.2. The Kier molecular flexibility index (Phi) is 8.82. The van der Waals surface area contributed by atoms with E-state index in [1.807, 2.05) is 62.4 Å². The molecule has 3 N–H and O–H groups in total. The van der Waals surface area contributed by atoms with Gasteiger partial charge in [-0.2, -0.15) is 0 Å². The van der Waals surface area contributed by atoms with Crippen molar-refractivity contribution in [3.8, 4) is 28.1 Å².